The van der Waals surface area contributed by atoms with E-state index in [2.05, 4.69) is 79.5 Å². The van der Waals surface area contributed by atoms with Crippen LogP contribution in [-0.2, 0) is 6.42 Å². The van der Waals surface area contributed by atoms with Crippen molar-refractivity contribution in [1.29, 1.82) is 0 Å². The molecular weight excluding hydrogens is 424 g/mol. The van der Waals surface area contributed by atoms with Crippen LogP contribution in [0.5, 0.6) is 17.2 Å². The summed E-state index contributed by atoms with van der Waals surface area (Å²) in [6.45, 7) is 4.44. The molecule has 1 aliphatic carbocycles. The second-order valence-corrected chi connectivity index (χ2v) is 9.28. The van der Waals surface area contributed by atoms with E-state index in [1.54, 1.807) is 21.3 Å². The minimum absolute atomic E-state index is 0.0296. The van der Waals surface area contributed by atoms with Crippen LogP contribution in [0.1, 0.15) is 54.5 Å². The van der Waals surface area contributed by atoms with Crippen LogP contribution >= 0.6 is 0 Å². The molecule has 0 spiro atoms. The van der Waals surface area contributed by atoms with Crippen molar-refractivity contribution in [2.75, 3.05) is 26.3 Å². The molecule has 3 aromatic rings. The molecule has 34 heavy (non-hydrogen) atoms. The molecular formula is C29H32N2O3. The normalized spacial score (nSPS) is 18.9. The van der Waals surface area contributed by atoms with Gasteiger partial charge in [-0.05, 0) is 59.7 Å². The largest absolute Gasteiger partial charge is 0.493 e. The maximum absolute atomic E-state index is 5.69. The number of rotatable bonds is 6. The molecule has 0 saturated carbocycles. The number of hydrogen-bond acceptors (Lipinski definition) is 5. The van der Waals surface area contributed by atoms with Gasteiger partial charge in [-0.15, -0.1) is 0 Å². The molecule has 2 aliphatic rings. The van der Waals surface area contributed by atoms with E-state index in [1.807, 2.05) is 0 Å². The lowest BCUT2D eigenvalue weighted by molar-refractivity contribution is 0.323. The van der Waals surface area contributed by atoms with Crippen LogP contribution in [0.25, 0.3) is 0 Å². The van der Waals surface area contributed by atoms with E-state index < -0.39 is 0 Å². The second kappa shape index (κ2) is 9.05. The third-order valence-corrected chi connectivity index (χ3v) is 7.08. The molecule has 1 heterocycles. The number of methoxy groups -OCH3 is 3. The maximum Gasteiger partial charge on any atom is 0.203 e. The third-order valence-electron chi connectivity index (χ3n) is 7.08. The van der Waals surface area contributed by atoms with Gasteiger partial charge in [-0.2, -0.15) is 5.10 Å². The number of nitrogens with zero attached hydrogens (tertiary/aromatic N) is 2. The summed E-state index contributed by atoms with van der Waals surface area (Å²) in [6, 6.07) is 21.6. The van der Waals surface area contributed by atoms with Crippen LogP contribution < -0.4 is 19.2 Å². The topological polar surface area (TPSA) is 43.3 Å². The zero-order valence-corrected chi connectivity index (χ0v) is 20.5. The van der Waals surface area contributed by atoms with Gasteiger partial charge >= 0.3 is 0 Å². The van der Waals surface area contributed by atoms with Crippen LogP contribution in [0, 0.1) is 5.92 Å². The molecule has 0 bridgehead atoms. The SMILES string of the molecule is COc1cc([C@@H]2[C@H]3CCc4ccccc4C3=NN2c2ccc(C(C)C)cc2)cc(OC)c1OC. The fraction of sp³-hybridized carbons (Fsp3) is 0.345. The Morgan fingerprint density at radius 3 is 2.18 bits per heavy atom. The molecule has 0 N–H and O–H groups in total. The molecule has 0 unspecified atom stereocenters. The van der Waals surface area contributed by atoms with Gasteiger partial charge in [-0.25, -0.2) is 0 Å². The van der Waals surface area contributed by atoms with E-state index in [0.29, 0.717) is 23.2 Å². The van der Waals surface area contributed by atoms with Crippen molar-refractivity contribution >= 4 is 11.4 Å². The molecule has 0 aromatic heterocycles. The van der Waals surface area contributed by atoms with Crippen molar-refractivity contribution in [3.8, 4) is 17.2 Å². The summed E-state index contributed by atoms with van der Waals surface area (Å²) in [6.07, 6.45) is 2.08. The molecule has 0 radical (unpaired) electrons. The zero-order chi connectivity index (χ0) is 23.8. The lowest BCUT2D eigenvalue weighted by Crippen LogP contribution is -2.29. The molecule has 5 heteroatoms. The number of hydrogen-bond donors (Lipinski definition) is 0. The Hall–Kier alpha value is -3.47. The van der Waals surface area contributed by atoms with Crippen molar-refractivity contribution in [2.45, 2.75) is 38.6 Å². The average molecular weight is 457 g/mol. The van der Waals surface area contributed by atoms with Gasteiger partial charge in [0.05, 0.1) is 38.8 Å². The molecule has 0 amide bonds. The zero-order valence-electron chi connectivity index (χ0n) is 20.5. The highest BCUT2D eigenvalue weighted by Gasteiger charge is 2.42. The minimum atomic E-state index is 0.0296. The van der Waals surface area contributed by atoms with Gasteiger partial charge in [-0.3, -0.25) is 5.01 Å². The Labute approximate surface area is 202 Å². The fourth-order valence-electron chi connectivity index (χ4n) is 5.30. The van der Waals surface area contributed by atoms with Crippen LogP contribution in [0.4, 0.5) is 5.69 Å². The van der Waals surface area contributed by atoms with E-state index in [9.17, 15) is 0 Å². The summed E-state index contributed by atoms with van der Waals surface area (Å²) in [4.78, 5) is 0. The monoisotopic (exact) mass is 456 g/mol. The van der Waals surface area contributed by atoms with E-state index in [-0.39, 0.29) is 12.0 Å². The first-order valence-corrected chi connectivity index (χ1v) is 11.9. The highest BCUT2D eigenvalue weighted by Crippen LogP contribution is 2.49. The quantitative estimate of drug-likeness (QED) is 0.433. The molecule has 3 aromatic carbocycles. The number of fused-ring (bicyclic) bond motifs is 3. The van der Waals surface area contributed by atoms with E-state index >= 15 is 0 Å². The van der Waals surface area contributed by atoms with E-state index in [4.69, 9.17) is 19.3 Å². The summed E-state index contributed by atoms with van der Waals surface area (Å²) < 4.78 is 17.0. The lowest BCUT2D eigenvalue weighted by Gasteiger charge is -2.31. The summed E-state index contributed by atoms with van der Waals surface area (Å²) in [5, 5.41) is 7.43. The van der Waals surface area contributed by atoms with Crippen LogP contribution in [0.2, 0.25) is 0 Å². The molecule has 176 valence electrons. The first kappa shape index (κ1) is 22.3. The van der Waals surface area contributed by atoms with Crippen LogP contribution in [0.3, 0.4) is 0 Å². The number of anilines is 1. The smallest absolute Gasteiger partial charge is 0.203 e. The Morgan fingerprint density at radius 2 is 1.56 bits per heavy atom. The fourth-order valence-corrected chi connectivity index (χ4v) is 5.30. The minimum Gasteiger partial charge on any atom is -0.493 e. The van der Waals surface area contributed by atoms with Crippen molar-refractivity contribution in [1.82, 2.24) is 0 Å². The summed E-state index contributed by atoms with van der Waals surface area (Å²) >= 11 is 0. The highest BCUT2D eigenvalue weighted by molar-refractivity contribution is 6.07. The Balaban J connectivity index is 1.65. The second-order valence-electron chi connectivity index (χ2n) is 9.28. The molecule has 1 aliphatic heterocycles. The van der Waals surface area contributed by atoms with E-state index in [1.165, 1.54) is 16.7 Å². The van der Waals surface area contributed by atoms with Crippen molar-refractivity contribution in [2.24, 2.45) is 11.0 Å². The summed E-state index contributed by atoms with van der Waals surface area (Å²) in [5.41, 5.74) is 7.31. The van der Waals surface area contributed by atoms with Gasteiger partial charge in [0, 0.05) is 11.5 Å². The van der Waals surface area contributed by atoms with Crippen molar-refractivity contribution < 1.29 is 14.2 Å². The number of benzene rings is 3. The number of aryl methyl sites for hydroxylation is 1. The molecule has 0 fully saturated rings. The van der Waals surface area contributed by atoms with Gasteiger partial charge in [0.25, 0.3) is 0 Å². The maximum atomic E-state index is 5.69. The van der Waals surface area contributed by atoms with Crippen molar-refractivity contribution in [3.63, 3.8) is 0 Å². The van der Waals surface area contributed by atoms with Gasteiger partial charge in [0.2, 0.25) is 5.75 Å². The Kier molecular flexibility index (Phi) is 5.94. The standard InChI is InChI=1S/C29H32N2O3/c1-18(2)19-10-13-22(14-11-19)31-28(21-16-25(32-3)29(34-5)26(17-21)33-4)24-15-12-20-8-6-7-9-23(20)27(24)30-31/h6-11,13-14,16-18,24,28H,12,15H2,1-5H3/t24-,28+/m0/s1. The van der Waals surface area contributed by atoms with Gasteiger partial charge < -0.3 is 14.2 Å². The molecule has 0 saturated heterocycles. The van der Waals surface area contributed by atoms with Crippen molar-refractivity contribution in [3.05, 3.63) is 82.9 Å². The van der Waals surface area contributed by atoms with E-state index in [0.717, 1.165) is 29.8 Å². The first-order chi connectivity index (χ1) is 16.5. The lowest BCUT2D eigenvalue weighted by atomic mass is 9.77. The predicted octanol–water partition coefficient (Wildman–Crippen LogP) is 6.36. The van der Waals surface area contributed by atoms with Gasteiger partial charge in [-0.1, -0.05) is 50.2 Å². The molecule has 5 rings (SSSR count). The Morgan fingerprint density at radius 1 is 0.882 bits per heavy atom. The number of hydrazone groups is 1. The predicted molar refractivity (Wildman–Crippen MR) is 137 cm³/mol. The summed E-state index contributed by atoms with van der Waals surface area (Å²) in [7, 11) is 4.96. The Bertz CT molecular complexity index is 1190. The van der Waals surface area contributed by atoms with Gasteiger partial charge in [0.1, 0.15) is 0 Å². The highest BCUT2D eigenvalue weighted by atomic mass is 16.5. The van der Waals surface area contributed by atoms with Crippen LogP contribution in [-0.4, -0.2) is 27.0 Å². The summed E-state index contributed by atoms with van der Waals surface area (Å²) in [5.74, 6) is 2.68. The first-order valence-electron chi connectivity index (χ1n) is 11.9. The number of ether oxygens (including phenoxy) is 3. The van der Waals surface area contributed by atoms with Gasteiger partial charge in [0.15, 0.2) is 11.5 Å². The third kappa shape index (κ3) is 3.69. The molecule has 5 nitrogen and oxygen atoms in total. The molecule has 2 atom stereocenters. The van der Waals surface area contributed by atoms with Crippen LogP contribution in [0.15, 0.2) is 65.8 Å². The average Bonchev–Trinajstić information content (AvgIpc) is 3.28.